The summed E-state index contributed by atoms with van der Waals surface area (Å²) in [6.07, 6.45) is -4.77. The smallest absolute Gasteiger partial charge is 0.416 e. The number of carbonyl (C=O) groups is 3. The normalized spacial score (nSPS) is 11.1. The van der Waals surface area contributed by atoms with E-state index in [0.717, 1.165) is 12.1 Å². The molecule has 0 aliphatic rings. The highest BCUT2D eigenvalue weighted by molar-refractivity contribution is 6.11. The van der Waals surface area contributed by atoms with Crippen molar-refractivity contribution in [3.05, 3.63) is 89.0 Å². The average Bonchev–Trinajstić information content (AvgIpc) is 2.83. The lowest BCUT2D eigenvalue weighted by molar-refractivity contribution is -0.138. The molecule has 3 rings (SSSR count). The van der Waals surface area contributed by atoms with Crippen molar-refractivity contribution in [2.45, 2.75) is 19.5 Å². The molecule has 0 aliphatic heterocycles. The van der Waals surface area contributed by atoms with Crippen molar-refractivity contribution in [2.75, 3.05) is 18.9 Å². The number of nitrogens with one attached hydrogen (secondary N) is 1. The Kier molecular flexibility index (Phi) is 7.58. The van der Waals surface area contributed by atoms with Crippen LogP contribution in [-0.2, 0) is 17.4 Å². The number of carboxylic acid groups (broad SMARTS) is 1. The van der Waals surface area contributed by atoms with Crippen LogP contribution in [0.5, 0.6) is 0 Å². The first-order valence-corrected chi connectivity index (χ1v) is 10.7. The second-order valence-electron chi connectivity index (χ2n) is 7.84. The standard InChI is InChI=1S/C26H23F3N2O4/c1-3-31(2)25(35)21-14-16(15-23(32)33)8-13-22(21)30-24(34)20-7-5-4-6-19(20)17-9-11-18(12-10-17)26(27,28)29/h4-14H,3,15H2,1-2H3,(H,30,34)(H,32,33). The highest BCUT2D eigenvalue weighted by Crippen LogP contribution is 2.32. The van der Waals surface area contributed by atoms with Gasteiger partial charge in [0, 0.05) is 19.2 Å². The summed E-state index contributed by atoms with van der Waals surface area (Å²) in [6, 6.07) is 15.3. The van der Waals surface area contributed by atoms with Crippen molar-refractivity contribution >= 4 is 23.5 Å². The molecule has 9 heteroatoms. The number of halogens is 3. The number of benzene rings is 3. The molecule has 0 spiro atoms. The lowest BCUT2D eigenvalue weighted by Gasteiger charge is -2.19. The predicted octanol–water partition coefficient (Wildman–Crippen LogP) is 5.34. The Morgan fingerprint density at radius 1 is 0.943 bits per heavy atom. The average molecular weight is 484 g/mol. The van der Waals surface area contributed by atoms with E-state index in [0.29, 0.717) is 23.2 Å². The van der Waals surface area contributed by atoms with E-state index in [2.05, 4.69) is 5.32 Å². The van der Waals surface area contributed by atoms with Crippen molar-refractivity contribution in [3.63, 3.8) is 0 Å². The fourth-order valence-electron chi connectivity index (χ4n) is 3.47. The van der Waals surface area contributed by atoms with Gasteiger partial charge >= 0.3 is 12.1 Å². The largest absolute Gasteiger partial charge is 0.481 e. The van der Waals surface area contributed by atoms with Crippen molar-refractivity contribution in [1.29, 1.82) is 0 Å². The van der Waals surface area contributed by atoms with Crippen LogP contribution in [0.15, 0.2) is 66.7 Å². The minimum absolute atomic E-state index is 0.133. The van der Waals surface area contributed by atoms with Crippen molar-refractivity contribution in [1.82, 2.24) is 4.90 Å². The Balaban J connectivity index is 1.97. The second-order valence-corrected chi connectivity index (χ2v) is 7.84. The molecule has 0 saturated carbocycles. The van der Waals surface area contributed by atoms with E-state index in [1.165, 1.54) is 41.3 Å². The van der Waals surface area contributed by atoms with Crippen LogP contribution in [0, 0.1) is 0 Å². The zero-order valence-corrected chi connectivity index (χ0v) is 19.0. The Morgan fingerprint density at radius 3 is 2.20 bits per heavy atom. The summed E-state index contributed by atoms with van der Waals surface area (Å²) in [5.74, 6) is -2.03. The van der Waals surface area contributed by atoms with Gasteiger partial charge in [-0.25, -0.2) is 0 Å². The summed E-state index contributed by atoms with van der Waals surface area (Å²) in [7, 11) is 1.58. The van der Waals surface area contributed by atoms with Crippen LogP contribution in [0.1, 0.15) is 38.8 Å². The number of nitrogens with zero attached hydrogens (tertiary/aromatic N) is 1. The molecule has 0 atom stereocenters. The van der Waals surface area contributed by atoms with Gasteiger partial charge in [0.05, 0.1) is 23.2 Å². The lowest BCUT2D eigenvalue weighted by Crippen LogP contribution is -2.28. The number of carbonyl (C=O) groups excluding carboxylic acids is 2. The molecular weight excluding hydrogens is 461 g/mol. The second kappa shape index (κ2) is 10.4. The molecule has 0 unspecified atom stereocenters. The van der Waals surface area contributed by atoms with E-state index in [1.54, 1.807) is 32.2 Å². The fourth-order valence-corrected chi connectivity index (χ4v) is 3.47. The molecule has 0 aliphatic carbocycles. The van der Waals surface area contributed by atoms with E-state index < -0.39 is 29.5 Å². The van der Waals surface area contributed by atoms with Gasteiger partial charge in [-0.15, -0.1) is 0 Å². The summed E-state index contributed by atoms with van der Waals surface area (Å²) in [6.45, 7) is 2.17. The minimum atomic E-state index is -4.48. The van der Waals surface area contributed by atoms with Gasteiger partial charge < -0.3 is 15.3 Å². The van der Waals surface area contributed by atoms with E-state index in [-0.39, 0.29) is 23.2 Å². The van der Waals surface area contributed by atoms with Crippen molar-refractivity contribution in [2.24, 2.45) is 0 Å². The number of hydrogen-bond acceptors (Lipinski definition) is 3. The first-order valence-electron chi connectivity index (χ1n) is 10.7. The summed E-state index contributed by atoms with van der Waals surface area (Å²) < 4.78 is 38.8. The lowest BCUT2D eigenvalue weighted by atomic mass is 9.97. The Morgan fingerprint density at radius 2 is 1.60 bits per heavy atom. The molecule has 2 N–H and O–H groups in total. The molecule has 0 fully saturated rings. The maximum atomic E-state index is 13.2. The van der Waals surface area contributed by atoms with Crippen molar-refractivity contribution in [3.8, 4) is 11.1 Å². The van der Waals surface area contributed by atoms with Gasteiger partial charge in [-0.05, 0) is 53.9 Å². The van der Waals surface area contributed by atoms with Crippen LogP contribution in [0.4, 0.5) is 18.9 Å². The number of carboxylic acids is 1. The maximum Gasteiger partial charge on any atom is 0.416 e. The van der Waals surface area contributed by atoms with Crippen LogP contribution in [-0.4, -0.2) is 41.4 Å². The molecule has 6 nitrogen and oxygen atoms in total. The highest BCUT2D eigenvalue weighted by Gasteiger charge is 2.30. The SMILES string of the molecule is CCN(C)C(=O)c1cc(CC(=O)O)ccc1NC(=O)c1ccccc1-c1ccc(C(F)(F)F)cc1. The van der Waals surface area contributed by atoms with Gasteiger partial charge in [0.2, 0.25) is 0 Å². The Bertz CT molecular complexity index is 1250. The van der Waals surface area contributed by atoms with Crippen LogP contribution in [0.3, 0.4) is 0 Å². The van der Waals surface area contributed by atoms with Gasteiger partial charge in [0.15, 0.2) is 0 Å². The summed E-state index contributed by atoms with van der Waals surface area (Å²) in [4.78, 5) is 38.6. The number of hydrogen-bond donors (Lipinski definition) is 2. The molecule has 2 amide bonds. The van der Waals surface area contributed by atoms with Crippen LogP contribution in [0.25, 0.3) is 11.1 Å². The summed E-state index contributed by atoms with van der Waals surface area (Å²) >= 11 is 0. The zero-order valence-electron chi connectivity index (χ0n) is 19.0. The summed E-state index contributed by atoms with van der Waals surface area (Å²) in [5, 5.41) is 11.8. The van der Waals surface area contributed by atoms with E-state index >= 15 is 0 Å². The molecular formula is C26H23F3N2O4. The molecule has 0 aromatic heterocycles. The minimum Gasteiger partial charge on any atom is -0.481 e. The molecule has 0 saturated heterocycles. The van der Waals surface area contributed by atoms with Crippen LogP contribution < -0.4 is 5.32 Å². The van der Waals surface area contributed by atoms with Gasteiger partial charge in [0.1, 0.15) is 0 Å². The third-order valence-corrected chi connectivity index (χ3v) is 5.43. The third-order valence-electron chi connectivity index (χ3n) is 5.43. The number of rotatable bonds is 7. The van der Waals surface area contributed by atoms with Crippen molar-refractivity contribution < 1.29 is 32.7 Å². The van der Waals surface area contributed by atoms with Crippen LogP contribution >= 0.6 is 0 Å². The quantitative estimate of drug-likeness (QED) is 0.474. The number of aliphatic carboxylic acids is 1. The molecule has 3 aromatic carbocycles. The third kappa shape index (κ3) is 6.06. The summed E-state index contributed by atoms with van der Waals surface area (Å²) in [5.41, 5.74) is 0.956. The molecule has 0 radical (unpaired) electrons. The monoisotopic (exact) mass is 484 g/mol. The van der Waals surface area contributed by atoms with Gasteiger partial charge in [-0.2, -0.15) is 13.2 Å². The van der Waals surface area contributed by atoms with E-state index in [1.807, 2.05) is 0 Å². The number of anilines is 1. The zero-order chi connectivity index (χ0) is 25.8. The topological polar surface area (TPSA) is 86.7 Å². The van der Waals surface area contributed by atoms with E-state index in [4.69, 9.17) is 5.11 Å². The Hall–Kier alpha value is -4.14. The predicted molar refractivity (Wildman–Crippen MR) is 125 cm³/mol. The molecule has 3 aromatic rings. The Labute approximate surface area is 200 Å². The molecule has 0 bridgehead atoms. The molecule has 35 heavy (non-hydrogen) atoms. The fraction of sp³-hybridized carbons (Fsp3) is 0.192. The van der Waals surface area contributed by atoms with Gasteiger partial charge in [-0.3, -0.25) is 14.4 Å². The first-order chi connectivity index (χ1) is 16.5. The highest BCUT2D eigenvalue weighted by atomic mass is 19.4. The first kappa shape index (κ1) is 25.5. The molecule has 0 heterocycles. The maximum absolute atomic E-state index is 13.2. The number of amides is 2. The van der Waals surface area contributed by atoms with E-state index in [9.17, 15) is 27.6 Å². The van der Waals surface area contributed by atoms with Gasteiger partial charge in [-0.1, -0.05) is 36.4 Å². The van der Waals surface area contributed by atoms with Crippen LogP contribution in [0.2, 0.25) is 0 Å². The molecule has 182 valence electrons. The van der Waals surface area contributed by atoms with Gasteiger partial charge in [0.25, 0.3) is 11.8 Å². The number of alkyl halides is 3.